The second-order valence-electron chi connectivity index (χ2n) is 9.25. The average molecular weight is 491 g/mol. The van der Waals surface area contributed by atoms with Crippen molar-refractivity contribution >= 4 is 33.4 Å². The van der Waals surface area contributed by atoms with E-state index in [1.807, 2.05) is 50.2 Å². The van der Waals surface area contributed by atoms with Crippen LogP contribution in [0.2, 0.25) is 0 Å². The van der Waals surface area contributed by atoms with E-state index >= 15 is 0 Å². The number of fused-ring (bicyclic) bond motifs is 2. The maximum absolute atomic E-state index is 14.6. The SMILES string of the molecule is CC(C)C(=O)Nc1cncc(-c2ccc3[nH]nc(-c4cc5c(-c6ccccc6F)cncc5[nH]4)c3c2)c1. The van der Waals surface area contributed by atoms with Crippen molar-refractivity contribution in [1.29, 1.82) is 0 Å². The van der Waals surface area contributed by atoms with Crippen LogP contribution in [-0.2, 0) is 4.79 Å². The number of nitrogens with zero attached hydrogens (tertiary/aromatic N) is 3. The first-order chi connectivity index (χ1) is 18.0. The number of halogens is 1. The molecule has 6 rings (SSSR count). The largest absolute Gasteiger partial charge is 0.352 e. The van der Waals surface area contributed by atoms with Crippen LogP contribution < -0.4 is 5.32 Å². The van der Waals surface area contributed by atoms with E-state index in [1.54, 1.807) is 36.9 Å². The summed E-state index contributed by atoms with van der Waals surface area (Å²) in [6, 6.07) is 16.6. The molecule has 2 aromatic carbocycles. The van der Waals surface area contributed by atoms with E-state index in [1.165, 1.54) is 6.07 Å². The number of hydrogen-bond donors (Lipinski definition) is 3. The summed E-state index contributed by atoms with van der Waals surface area (Å²) in [6.07, 6.45) is 6.81. The van der Waals surface area contributed by atoms with Crippen LogP contribution in [0, 0.1) is 11.7 Å². The monoisotopic (exact) mass is 490 g/mol. The van der Waals surface area contributed by atoms with Gasteiger partial charge in [-0.2, -0.15) is 5.10 Å². The maximum Gasteiger partial charge on any atom is 0.226 e. The van der Waals surface area contributed by atoms with E-state index in [2.05, 4.69) is 30.5 Å². The van der Waals surface area contributed by atoms with Crippen LogP contribution in [0.1, 0.15) is 13.8 Å². The Morgan fingerprint density at radius 2 is 1.70 bits per heavy atom. The minimum absolute atomic E-state index is 0.0606. The third-order valence-electron chi connectivity index (χ3n) is 6.39. The Labute approximate surface area is 211 Å². The van der Waals surface area contributed by atoms with Gasteiger partial charge in [-0.3, -0.25) is 19.9 Å². The van der Waals surface area contributed by atoms with Gasteiger partial charge < -0.3 is 10.3 Å². The van der Waals surface area contributed by atoms with Crippen LogP contribution in [0.5, 0.6) is 0 Å². The fraction of sp³-hybridized carbons (Fsp3) is 0.103. The molecule has 0 atom stereocenters. The zero-order valence-corrected chi connectivity index (χ0v) is 20.2. The zero-order valence-electron chi connectivity index (χ0n) is 20.2. The predicted octanol–water partition coefficient (Wildman–Crippen LogP) is 6.57. The summed E-state index contributed by atoms with van der Waals surface area (Å²) >= 11 is 0. The highest BCUT2D eigenvalue weighted by atomic mass is 19.1. The molecule has 0 saturated carbocycles. The number of carbonyl (C=O) groups excluding carboxylic acids is 1. The quantitative estimate of drug-likeness (QED) is 0.254. The van der Waals surface area contributed by atoms with Crippen molar-refractivity contribution in [2.75, 3.05) is 5.32 Å². The number of aromatic nitrogens is 5. The average Bonchev–Trinajstić information content (AvgIpc) is 3.53. The maximum atomic E-state index is 14.6. The normalized spacial score (nSPS) is 11.5. The van der Waals surface area contributed by atoms with Gasteiger partial charge in [-0.05, 0) is 35.9 Å². The number of pyridine rings is 2. The minimum Gasteiger partial charge on any atom is -0.352 e. The predicted molar refractivity (Wildman–Crippen MR) is 143 cm³/mol. The molecule has 0 aliphatic heterocycles. The Morgan fingerprint density at radius 1 is 0.865 bits per heavy atom. The van der Waals surface area contributed by atoms with E-state index in [0.29, 0.717) is 16.8 Å². The van der Waals surface area contributed by atoms with Gasteiger partial charge in [0.15, 0.2) is 0 Å². The second-order valence-corrected chi connectivity index (χ2v) is 9.25. The van der Waals surface area contributed by atoms with Gasteiger partial charge in [0.05, 0.1) is 34.8 Å². The van der Waals surface area contributed by atoms with Crippen LogP contribution >= 0.6 is 0 Å². The summed E-state index contributed by atoms with van der Waals surface area (Å²) in [6.45, 7) is 3.70. The second kappa shape index (κ2) is 8.98. The molecule has 0 bridgehead atoms. The summed E-state index contributed by atoms with van der Waals surface area (Å²) in [7, 11) is 0. The molecule has 7 nitrogen and oxygen atoms in total. The number of aromatic amines is 2. The zero-order chi connectivity index (χ0) is 25.5. The highest BCUT2D eigenvalue weighted by Gasteiger charge is 2.16. The number of rotatable bonds is 5. The highest BCUT2D eigenvalue weighted by Crippen LogP contribution is 2.35. The number of H-pyrrole nitrogens is 2. The molecule has 0 aliphatic carbocycles. The summed E-state index contributed by atoms with van der Waals surface area (Å²) in [5.41, 5.74) is 6.87. The Kier molecular flexibility index (Phi) is 5.49. The van der Waals surface area contributed by atoms with Crippen LogP contribution in [0.25, 0.3) is 55.4 Å². The van der Waals surface area contributed by atoms with Crippen molar-refractivity contribution in [3.05, 3.63) is 85.2 Å². The fourth-order valence-corrected chi connectivity index (χ4v) is 4.42. The number of nitrogens with one attached hydrogen (secondary N) is 3. The third-order valence-corrected chi connectivity index (χ3v) is 6.39. The van der Waals surface area contributed by atoms with E-state index in [0.717, 1.165) is 44.3 Å². The first-order valence-electron chi connectivity index (χ1n) is 11.9. The van der Waals surface area contributed by atoms with Crippen LogP contribution in [0.3, 0.4) is 0 Å². The Bertz CT molecular complexity index is 1780. The van der Waals surface area contributed by atoms with Gasteiger partial charge in [0.2, 0.25) is 5.91 Å². The standard InChI is InChI=1S/C29H23FN6O/c1-16(2)29(37)33-19-9-18(12-31-13-19)17-7-8-25-22(10-17)28(36-35-25)26-11-21-23(14-32-15-27(21)34-26)20-5-3-4-6-24(20)30/h3-16,34H,1-2H3,(H,33,37)(H,35,36). The first-order valence-corrected chi connectivity index (χ1v) is 11.9. The molecule has 8 heteroatoms. The van der Waals surface area contributed by atoms with Crippen molar-refractivity contribution in [3.63, 3.8) is 0 Å². The highest BCUT2D eigenvalue weighted by molar-refractivity contribution is 6.01. The summed E-state index contributed by atoms with van der Waals surface area (Å²) in [4.78, 5) is 24.2. The number of anilines is 1. The molecule has 4 aromatic heterocycles. The van der Waals surface area contributed by atoms with Gasteiger partial charge in [0.25, 0.3) is 0 Å². The molecule has 182 valence electrons. The van der Waals surface area contributed by atoms with Gasteiger partial charge in [-0.1, -0.05) is 38.1 Å². The molecule has 0 unspecified atom stereocenters. The van der Waals surface area contributed by atoms with Crippen LogP contribution in [0.15, 0.2) is 79.4 Å². The molecule has 0 spiro atoms. The number of hydrogen-bond acceptors (Lipinski definition) is 4. The molecule has 37 heavy (non-hydrogen) atoms. The van der Waals surface area contributed by atoms with Gasteiger partial charge in [-0.15, -0.1) is 0 Å². The van der Waals surface area contributed by atoms with E-state index in [-0.39, 0.29) is 17.6 Å². The van der Waals surface area contributed by atoms with Crippen LogP contribution in [-0.4, -0.2) is 31.1 Å². The van der Waals surface area contributed by atoms with E-state index < -0.39 is 0 Å². The smallest absolute Gasteiger partial charge is 0.226 e. The third kappa shape index (κ3) is 4.12. The molecule has 6 aromatic rings. The van der Waals surface area contributed by atoms with Crippen molar-refractivity contribution in [2.45, 2.75) is 13.8 Å². The van der Waals surface area contributed by atoms with E-state index in [4.69, 9.17) is 0 Å². The summed E-state index contributed by atoms with van der Waals surface area (Å²) in [5, 5.41) is 12.3. The molecule has 0 aliphatic rings. The number of amides is 1. The molecule has 1 amide bonds. The first kappa shape index (κ1) is 22.6. The fourth-order valence-electron chi connectivity index (χ4n) is 4.42. The Morgan fingerprint density at radius 3 is 2.54 bits per heavy atom. The van der Waals surface area contributed by atoms with Gasteiger partial charge in [0, 0.05) is 45.8 Å². The molecule has 4 heterocycles. The van der Waals surface area contributed by atoms with Crippen molar-refractivity contribution in [3.8, 4) is 33.6 Å². The minimum atomic E-state index is -0.296. The molecular formula is C29H23FN6O. The Balaban J connectivity index is 1.42. The lowest BCUT2D eigenvalue weighted by molar-refractivity contribution is -0.118. The van der Waals surface area contributed by atoms with Crippen molar-refractivity contribution in [1.82, 2.24) is 25.1 Å². The van der Waals surface area contributed by atoms with Gasteiger partial charge in [-0.25, -0.2) is 4.39 Å². The summed E-state index contributed by atoms with van der Waals surface area (Å²) < 4.78 is 14.6. The topological polar surface area (TPSA) is 99.3 Å². The van der Waals surface area contributed by atoms with Gasteiger partial charge >= 0.3 is 0 Å². The number of carbonyl (C=O) groups is 1. The Hall–Kier alpha value is -4.85. The van der Waals surface area contributed by atoms with Crippen LogP contribution in [0.4, 0.5) is 10.1 Å². The lowest BCUT2D eigenvalue weighted by atomic mass is 10.0. The van der Waals surface area contributed by atoms with Gasteiger partial charge in [0.1, 0.15) is 11.5 Å². The molecule has 0 fully saturated rings. The molecule has 0 saturated heterocycles. The van der Waals surface area contributed by atoms with Crippen molar-refractivity contribution in [2.24, 2.45) is 5.92 Å². The molecular weight excluding hydrogens is 467 g/mol. The molecule has 3 N–H and O–H groups in total. The molecule has 0 radical (unpaired) electrons. The lowest BCUT2D eigenvalue weighted by Crippen LogP contribution is -2.17. The van der Waals surface area contributed by atoms with E-state index in [9.17, 15) is 9.18 Å². The number of benzene rings is 2. The lowest BCUT2D eigenvalue weighted by Gasteiger charge is -2.09. The van der Waals surface area contributed by atoms with Crippen molar-refractivity contribution < 1.29 is 9.18 Å². The summed E-state index contributed by atoms with van der Waals surface area (Å²) in [5.74, 6) is -0.483.